The normalized spacial score (nSPS) is 10.2. The Morgan fingerprint density at radius 2 is 1.72 bits per heavy atom. The van der Waals surface area contributed by atoms with Crippen molar-refractivity contribution in [1.29, 1.82) is 0 Å². The highest BCUT2D eigenvalue weighted by Gasteiger charge is 2.11. The summed E-state index contributed by atoms with van der Waals surface area (Å²) >= 11 is 0. The molecule has 0 atom stereocenters. The summed E-state index contributed by atoms with van der Waals surface area (Å²) in [7, 11) is 3.32. The van der Waals surface area contributed by atoms with E-state index in [0.29, 0.717) is 5.88 Å². The third-order valence-electron chi connectivity index (χ3n) is 3.00. The minimum Gasteiger partial charge on any atom is -0.496 e. The van der Waals surface area contributed by atoms with Crippen molar-refractivity contribution in [3.05, 3.63) is 41.6 Å². The Bertz CT molecular complexity index is 564. The Kier molecular flexibility index (Phi) is 3.51. The van der Waals surface area contributed by atoms with Gasteiger partial charge in [-0.05, 0) is 54.8 Å². The lowest BCUT2D eigenvalue weighted by Gasteiger charge is -2.13. The summed E-state index contributed by atoms with van der Waals surface area (Å²) in [6.07, 6.45) is 1.73. The van der Waals surface area contributed by atoms with Crippen molar-refractivity contribution in [2.45, 2.75) is 13.8 Å². The molecule has 1 aromatic carbocycles. The molecule has 3 nitrogen and oxygen atoms in total. The lowest BCUT2D eigenvalue weighted by molar-refractivity contribution is 0.399. The van der Waals surface area contributed by atoms with Crippen LogP contribution in [0.25, 0.3) is 11.1 Å². The maximum atomic E-state index is 5.33. The van der Waals surface area contributed by atoms with E-state index in [0.717, 1.165) is 28.0 Å². The summed E-state index contributed by atoms with van der Waals surface area (Å²) < 4.78 is 10.6. The average Bonchev–Trinajstić information content (AvgIpc) is 2.41. The van der Waals surface area contributed by atoms with Crippen molar-refractivity contribution >= 4 is 0 Å². The molecule has 94 valence electrons. The van der Waals surface area contributed by atoms with Gasteiger partial charge in [0.05, 0.1) is 14.2 Å². The average molecular weight is 243 g/mol. The van der Waals surface area contributed by atoms with Crippen LogP contribution in [0.3, 0.4) is 0 Å². The van der Waals surface area contributed by atoms with Crippen LogP contribution in [0.15, 0.2) is 30.5 Å². The fourth-order valence-corrected chi connectivity index (χ4v) is 2.06. The quantitative estimate of drug-likeness (QED) is 0.828. The molecule has 0 aliphatic carbocycles. The summed E-state index contributed by atoms with van der Waals surface area (Å²) in [5.41, 5.74) is 4.37. The molecule has 0 spiro atoms. The van der Waals surface area contributed by atoms with Gasteiger partial charge >= 0.3 is 0 Å². The fourth-order valence-electron chi connectivity index (χ4n) is 2.06. The van der Waals surface area contributed by atoms with Crippen molar-refractivity contribution in [2.24, 2.45) is 0 Å². The second kappa shape index (κ2) is 5.08. The molecule has 0 fully saturated rings. The van der Waals surface area contributed by atoms with E-state index in [1.807, 2.05) is 25.1 Å². The monoisotopic (exact) mass is 243 g/mol. The molecule has 0 saturated carbocycles. The molecule has 0 unspecified atom stereocenters. The number of aromatic nitrogens is 1. The summed E-state index contributed by atoms with van der Waals surface area (Å²) in [5.74, 6) is 1.55. The zero-order valence-electron chi connectivity index (χ0n) is 11.2. The standard InChI is InChI=1S/C15H17NO2/c1-10-9-14(17-3)11(2)8-13(10)12-6-5-7-16-15(12)18-4/h5-9H,1-4H3. The minimum absolute atomic E-state index is 0.644. The van der Waals surface area contributed by atoms with E-state index in [4.69, 9.17) is 9.47 Å². The van der Waals surface area contributed by atoms with E-state index >= 15 is 0 Å². The van der Waals surface area contributed by atoms with Crippen LogP contribution in [-0.2, 0) is 0 Å². The summed E-state index contributed by atoms with van der Waals surface area (Å²) in [4.78, 5) is 4.23. The molecule has 0 aliphatic rings. The molecule has 0 bridgehead atoms. The highest BCUT2D eigenvalue weighted by molar-refractivity contribution is 5.73. The minimum atomic E-state index is 0.644. The second-order valence-corrected chi connectivity index (χ2v) is 4.20. The molecule has 2 aromatic rings. The topological polar surface area (TPSA) is 31.4 Å². The first-order valence-electron chi connectivity index (χ1n) is 5.82. The molecule has 0 amide bonds. The van der Waals surface area contributed by atoms with Gasteiger partial charge in [0.15, 0.2) is 0 Å². The number of rotatable bonds is 3. The number of ether oxygens (including phenoxy) is 2. The third-order valence-corrected chi connectivity index (χ3v) is 3.00. The Labute approximate surface area is 107 Å². The number of nitrogens with zero attached hydrogens (tertiary/aromatic N) is 1. The van der Waals surface area contributed by atoms with Gasteiger partial charge in [-0.25, -0.2) is 4.98 Å². The van der Waals surface area contributed by atoms with E-state index < -0.39 is 0 Å². The van der Waals surface area contributed by atoms with E-state index in [-0.39, 0.29) is 0 Å². The van der Waals surface area contributed by atoms with Gasteiger partial charge in [-0.1, -0.05) is 0 Å². The second-order valence-electron chi connectivity index (χ2n) is 4.20. The number of methoxy groups -OCH3 is 2. The van der Waals surface area contributed by atoms with Gasteiger partial charge in [-0.15, -0.1) is 0 Å². The van der Waals surface area contributed by atoms with Crippen molar-refractivity contribution in [3.8, 4) is 22.8 Å². The molecule has 18 heavy (non-hydrogen) atoms. The number of hydrogen-bond acceptors (Lipinski definition) is 3. The number of aryl methyl sites for hydroxylation is 2. The first kappa shape index (κ1) is 12.4. The van der Waals surface area contributed by atoms with Crippen LogP contribution >= 0.6 is 0 Å². The van der Waals surface area contributed by atoms with Crippen LogP contribution in [0, 0.1) is 13.8 Å². The van der Waals surface area contributed by atoms with E-state index in [1.165, 1.54) is 0 Å². The van der Waals surface area contributed by atoms with Crippen molar-refractivity contribution < 1.29 is 9.47 Å². The van der Waals surface area contributed by atoms with Crippen LogP contribution in [0.1, 0.15) is 11.1 Å². The molecule has 0 aliphatic heterocycles. The zero-order chi connectivity index (χ0) is 13.1. The Morgan fingerprint density at radius 1 is 0.944 bits per heavy atom. The molecular formula is C15H17NO2. The maximum absolute atomic E-state index is 5.33. The Hall–Kier alpha value is -2.03. The van der Waals surface area contributed by atoms with Gasteiger partial charge in [0, 0.05) is 11.8 Å². The fraction of sp³-hybridized carbons (Fsp3) is 0.267. The molecule has 1 heterocycles. The molecule has 1 aromatic heterocycles. The van der Waals surface area contributed by atoms with E-state index in [2.05, 4.69) is 18.0 Å². The lowest BCUT2D eigenvalue weighted by atomic mass is 9.98. The lowest BCUT2D eigenvalue weighted by Crippen LogP contribution is -1.95. The number of benzene rings is 1. The predicted octanol–water partition coefficient (Wildman–Crippen LogP) is 3.38. The van der Waals surface area contributed by atoms with Crippen LogP contribution in [0.4, 0.5) is 0 Å². The smallest absolute Gasteiger partial charge is 0.221 e. The molecule has 0 saturated heterocycles. The highest BCUT2D eigenvalue weighted by atomic mass is 16.5. The van der Waals surface area contributed by atoms with Crippen molar-refractivity contribution in [2.75, 3.05) is 14.2 Å². The first-order chi connectivity index (χ1) is 8.67. The Morgan fingerprint density at radius 3 is 2.39 bits per heavy atom. The first-order valence-corrected chi connectivity index (χ1v) is 5.82. The van der Waals surface area contributed by atoms with Gasteiger partial charge in [0.2, 0.25) is 5.88 Å². The van der Waals surface area contributed by atoms with E-state index in [1.54, 1.807) is 20.4 Å². The molecule has 2 rings (SSSR count). The third kappa shape index (κ3) is 2.16. The molecule has 0 N–H and O–H groups in total. The largest absolute Gasteiger partial charge is 0.496 e. The summed E-state index contributed by atoms with van der Waals surface area (Å²) in [6, 6.07) is 8.07. The molecule has 0 radical (unpaired) electrons. The van der Waals surface area contributed by atoms with Gasteiger partial charge in [-0.3, -0.25) is 0 Å². The summed E-state index contributed by atoms with van der Waals surface area (Å²) in [6.45, 7) is 4.09. The maximum Gasteiger partial charge on any atom is 0.221 e. The van der Waals surface area contributed by atoms with Crippen molar-refractivity contribution in [1.82, 2.24) is 4.98 Å². The molecule has 3 heteroatoms. The predicted molar refractivity (Wildman–Crippen MR) is 72.3 cm³/mol. The van der Waals surface area contributed by atoms with Crippen molar-refractivity contribution in [3.63, 3.8) is 0 Å². The van der Waals surface area contributed by atoms with Gasteiger partial charge in [-0.2, -0.15) is 0 Å². The summed E-state index contributed by atoms with van der Waals surface area (Å²) in [5, 5.41) is 0. The Balaban J connectivity index is 2.61. The molecular weight excluding hydrogens is 226 g/mol. The van der Waals surface area contributed by atoms with Gasteiger partial charge in [0.1, 0.15) is 5.75 Å². The number of hydrogen-bond donors (Lipinski definition) is 0. The SMILES string of the molecule is COc1cc(C)c(-c2cccnc2OC)cc1C. The highest BCUT2D eigenvalue weighted by Crippen LogP contribution is 2.34. The van der Waals surface area contributed by atoms with Gasteiger partial charge < -0.3 is 9.47 Å². The van der Waals surface area contributed by atoms with Crippen LogP contribution in [-0.4, -0.2) is 19.2 Å². The van der Waals surface area contributed by atoms with Gasteiger partial charge in [0.25, 0.3) is 0 Å². The van der Waals surface area contributed by atoms with Crippen LogP contribution in [0.5, 0.6) is 11.6 Å². The number of pyridine rings is 1. The van der Waals surface area contributed by atoms with Crippen LogP contribution < -0.4 is 9.47 Å². The van der Waals surface area contributed by atoms with Crippen LogP contribution in [0.2, 0.25) is 0 Å². The van der Waals surface area contributed by atoms with E-state index in [9.17, 15) is 0 Å². The zero-order valence-corrected chi connectivity index (χ0v) is 11.2.